The number of aromatic amines is 1. The molecule has 5 heteroatoms. The van der Waals surface area contributed by atoms with Gasteiger partial charge in [0.15, 0.2) is 0 Å². The standard InChI is InChI=1S/C9H10ClNO3/c1-3-5-4-6(10)7(8(12)11-5)9(13)14-2/h4H,3H2,1-2H3,(H,11,12). The van der Waals surface area contributed by atoms with Gasteiger partial charge < -0.3 is 9.72 Å². The second-order valence-corrected chi connectivity index (χ2v) is 3.10. The fraction of sp³-hybridized carbons (Fsp3) is 0.333. The molecule has 0 aliphatic heterocycles. The Morgan fingerprint density at radius 1 is 1.64 bits per heavy atom. The summed E-state index contributed by atoms with van der Waals surface area (Å²) in [4.78, 5) is 25.0. The van der Waals surface area contributed by atoms with Gasteiger partial charge in [-0.3, -0.25) is 4.79 Å². The van der Waals surface area contributed by atoms with Gasteiger partial charge in [-0.1, -0.05) is 18.5 Å². The van der Waals surface area contributed by atoms with Crippen LogP contribution in [0.25, 0.3) is 0 Å². The van der Waals surface area contributed by atoms with Gasteiger partial charge >= 0.3 is 5.97 Å². The van der Waals surface area contributed by atoms with Crippen LogP contribution in [0.4, 0.5) is 0 Å². The number of esters is 1. The quantitative estimate of drug-likeness (QED) is 0.759. The molecule has 0 aromatic carbocycles. The maximum absolute atomic E-state index is 11.4. The molecule has 1 heterocycles. The van der Waals surface area contributed by atoms with E-state index in [1.165, 1.54) is 7.11 Å². The Kier molecular flexibility index (Phi) is 3.30. The van der Waals surface area contributed by atoms with Crippen molar-refractivity contribution in [1.82, 2.24) is 4.98 Å². The molecule has 0 radical (unpaired) electrons. The molecule has 1 N–H and O–H groups in total. The zero-order chi connectivity index (χ0) is 10.7. The first-order valence-corrected chi connectivity index (χ1v) is 4.48. The van der Waals surface area contributed by atoms with Crippen LogP contribution in [0, 0.1) is 0 Å². The number of ether oxygens (including phenoxy) is 1. The predicted molar refractivity (Wildman–Crippen MR) is 52.8 cm³/mol. The SMILES string of the molecule is CCc1cc(Cl)c(C(=O)OC)c(=O)[nH]1. The van der Waals surface area contributed by atoms with Crippen LogP contribution in [0.2, 0.25) is 5.02 Å². The fourth-order valence-electron chi connectivity index (χ4n) is 1.06. The van der Waals surface area contributed by atoms with Crippen LogP contribution in [0.3, 0.4) is 0 Å². The number of aromatic nitrogens is 1. The largest absolute Gasteiger partial charge is 0.465 e. The summed E-state index contributed by atoms with van der Waals surface area (Å²) in [6.07, 6.45) is 0.649. The lowest BCUT2D eigenvalue weighted by Crippen LogP contribution is -2.20. The van der Waals surface area contributed by atoms with Gasteiger partial charge in [0.2, 0.25) is 0 Å². The summed E-state index contributed by atoms with van der Waals surface area (Å²) in [6.45, 7) is 1.87. The van der Waals surface area contributed by atoms with Crippen molar-refractivity contribution in [3.63, 3.8) is 0 Å². The molecule has 0 aliphatic carbocycles. The minimum Gasteiger partial charge on any atom is -0.465 e. The van der Waals surface area contributed by atoms with Crippen molar-refractivity contribution in [3.8, 4) is 0 Å². The van der Waals surface area contributed by atoms with Crippen LogP contribution < -0.4 is 5.56 Å². The second kappa shape index (κ2) is 4.28. The molecule has 0 saturated carbocycles. The van der Waals surface area contributed by atoms with Crippen molar-refractivity contribution in [3.05, 3.63) is 32.7 Å². The number of pyridine rings is 1. The summed E-state index contributed by atoms with van der Waals surface area (Å²) in [5.41, 5.74) is 0.0280. The van der Waals surface area contributed by atoms with Gasteiger partial charge in [-0.25, -0.2) is 4.79 Å². The third-order valence-electron chi connectivity index (χ3n) is 1.81. The number of carbonyl (C=O) groups is 1. The highest BCUT2D eigenvalue weighted by Gasteiger charge is 2.15. The highest BCUT2D eigenvalue weighted by molar-refractivity contribution is 6.33. The first-order valence-electron chi connectivity index (χ1n) is 4.10. The van der Waals surface area contributed by atoms with E-state index < -0.39 is 11.5 Å². The number of nitrogens with one attached hydrogen (secondary N) is 1. The van der Waals surface area contributed by atoms with Gasteiger partial charge in [-0.05, 0) is 12.5 Å². The maximum Gasteiger partial charge on any atom is 0.345 e. The van der Waals surface area contributed by atoms with Gasteiger partial charge in [-0.15, -0.1) is 0 Å². The van der Waals surface area contributed by atoms with E-state index in [1.807, 2.05) is 6.92 Å². The molecule has 1 rings (SSSR count). The van der Waals surface area contributed by atoms with E-state index in [2.05, 4.69) is 9.72 Å². The smallest absolute Gasteiger partial charge is 0.345 e. The topological polar surface area (TPSA) is 59.2 Å². The number of hydrogen-bond donors (Lipinski definition) is 1. The highest BCUT2D eigenvalue weighted by atomic mass is 35.5. The third-order valence-corrected chi connectivity index (χ3v) is 2.11. The van der Waals surface area contributed by atoms with Gasteiger partial charge in [0, 0.05) is 5.69 Å². The third kappa shape index (κ3) is 1.96. The predicted octanol–water partition coefficient (Wildman–Crippen LogP) is 1.38. The van der Waals surface area contributed by atoms with Crippen LogP contribution in [0.15, 0.2) is 10.9 Å². The van der Waals surface area contributed by atoms with E-state index in [1.54, 1.807) is 6.07 Å². The summed E-state index contributed by atoms with van der Waals surface area (Å²) in [5.74, 6) is -0.723. The second-order valence-electron chi connectivity index (χ2n) is 2.69. The van der Waals surface area contributed by atoms with E-state index in [9.17, 15) is 9.59 Å². The number of hydrogen-bond acceptors (Lipinski definition) is 3. The van der Waals surface area contributed by atoms with E-state index in [-0.39, 0.29) is 10.6 Å². The first-order chi connectivity index (χ1) is 6.60. The summed E-state index contributed by atoms with van der Waals surface area (Å²) < 4.78 is 4.43. The molecule has 0 bridgehead atoms. The molecular weight excluding hydrogens is 206 g/mol. The molecule has 0 amide bonds. The Morgan fingerprint density at radius 2 is 2.29 bits per heavy atom. The average Bonchev–Trinajstić information content (AvgIpc) is 2.16. The maximum atomic E-state index is 11.4. The lowest BCUT2D eigenvalue weighted by atomic mass is 10.2. The van der Waals surface area contributed by atoms with Gasteiger partial charge in [0.05, 0.1) is 12.1 Å². The molecule has 0 atom stereocenters. The molecule has 0 spiro atoms. The molecule has 14 heavy (non-hydrogen) atoms. The van der Waals surface area contributed by atoms with Crippen LogP contribution in [-0.2, 0) is 11.2 Å². The van der Waals surface area contributed by atoms with E-state index in [0.29, 0.717) is 12.1 Å². The average molecular weight is 216 g/mol. The Labute approximate surface area is 85.9 Å². The number of halogens is 1. The van der Waals surface area contributed by atoms with Gasteiger partial charge in [0.1, 0.15) is 5.56 Å². The number of H-pyrrole nitrogens is 1. The minimum absolute atomic E-state index is 0.123. The summed E-state index contributed by atoms with van der Waals surface area (Å²) in [5, 5.41) is 0.123. The molecule has 0 aliphatic rings. The lowest BCUT2D eigenvalue weighted by Gasteiger charge is -2.03. The van der Waals surface area contributed by atoms with Crippen LogP contribution in [-0.4, -0.2) is 18.1 Å². The van der Waals surface area contributed by atoms with Crippen molar-refractivity contribution in [2.75, 3.05) is 7.11 Å². The monoisotopic (exact) mass is 215 g/mol. The van der Waals surface area contributed by atoms with Gasteiger partial charge in [-0.2, -0.15) is 0 Å². The van der Waals surface area contributed by atoms with Crippen molar-refractivity contribution in [1.29, 1.82) is 0 Å². The van der Waals surface area contributed by atoms with Crippen molar-refractivity contribution in [2.24, 2.45) is 0 Å². The van der Waals surface area contributed by atoms with Crippen molar-refractivity contribution >= 4 is 17.6 Å². The number of rotatable bonds is 2. The summed E-state index contributed by atoms with van der Waals surface area (Å²) in [7, 11) is 1.20. The molecule has 4 nitrogen and oxygen atoms in total. The van der Waals surface area contributed by atoms with E-state index >= 15 is 0 Å². The Hall–Kier alpha value is -1.29. The Balaban J connectivity index is 3.33. The summed E-state index contributed by atoms with van der Waals surface area (Å²) >= 11 is 5.77. The first kappa shape index (κ1) is 10.8. The molecule has 0 unspecified atom stereocenters. The molecule has 1 aromatic rings. The van der Waals surface area contributed by atoms with E-state index in [4.69, 9.17) is 11.6 Å². The van der Waals surface area contributed by atoms with Gasteiger partial charge in [0.25, 0.3) is 5.56 Å². The normalized spacial score (nSPS) is 9.93. The number of methoxy groups -OCH3 is 1. The number of aryl methyl sites for hydroxylation is 1. The zero-order valence-electron chi connectivity index (χ0n) is 7.89. The van der Waals surface area contributed by atoms with Crippen molar-refractivity contribution < 1.29 is 9.53 Å². The minimum atomic E-state index is -0.723. The lowest BCUT2D eigenvalue weighted by molar-refractivity contribution is 0.0599. The number of carbonyl (C=O) groups excluding carboxylic acids is 1. The molecule has 1 aromatic heterocycles. The Bertz CT molecular complexity index is 411. The fourth-order valence-corrected chi connectivity index (χ4v) is 1.36. The van der Waals surface area contributed by atoms with Crippen LogP contribution >= 0.6 is 11.6 Å². The zero-order valence-corrected chi connectivity index (χ0v) is 8.64. The van der Waals surface area contributed by atoms with Crippen molar-refractivity contribution in [2.45, 2.75) is 13.3 Å². The molecule has 76 valence electrons. The highest BCUT2D eigenvalue weighted by Crippen LogP contribution is 2.13. The Morgan fingerprint density at radius 3 is 2.71 bits per heavy atom. The van der Waals surface area contributed by atoms with E-state index in [0.717, 1.165) is 0 Å². The molecular formula is C9H10ClNO3. The van der Waals surface area contributed by atoms with Crippen LogP contribution in [0.5, 0.6) is 0 Å². The molecule has 0 fully saturated rings. The molecule has 0 saturated heterocycles. The summed E-state index contributed by atoms with van der Waals surface area (Å²) in [6, 6.07) is 1.55. The van der Waals surface area contributed by atoms with Crippen LogP contribution in [0.1, 0.15) is 23.0 Å².